The van der Waals surface area contributed by atoms with Gasteiger partial charge in [0, 0.05) is 17.8 Å². The fourth-order valence-electron chi connectivity index (χ4n) is 3.18. The number of benzene rings is 3. The van der Waals surface area contributed by atoms with Crippen LogP contribution in [0.15, 0.2) is 72.8 Å². The topological polar surface area (TPSA) is 100 Å². The number of nitrogen functional groups attached to an aromatic ring is 1. The molecule has 0 aliphatic rings. The van der Waals surface area contributed by atoms with Crippen molar-refractivity contribution in [1.82, 2.24) is 5.32 Å². The lowest BCUT2D eigenvalue weighted by molar-refractivity contribution is -0.122. The lowest BCUT2D eigenvalue weighted by atomic mass is 10.0. The molecule has 0 heterocycles. The van der Waals surface area contributed by atoms with E-state index in [9.17, 15) is 4.79 Å². The van der Waals surface area contributed by atoms with Crippen LogP contribution in [0, 0.1) is 12.3 Å². The molecule has 0 aromatic heterocycles. The molecule has 0 aliphatic carbocycles. The Hall–Kier alpha value is -3.51. The van der Waals surface area contributed by atoms with Crippen LogP contribution in [0.3, 0.4) is 0 Å². The van der Waals surface area contributed by atoms with Crippen molar-refractivity contribution in [3.63, 3.8) is 0 Å². The molecule has 3 aromatic rings. The molecule has 0 radical (unpaired) electrons. The van der Waals surface area contributed by atoms with Gasteiger partial charge in [-0.3, -0.25) is 10.2 Å². The van der Waals surface area contributed by atoms with E-state index in [1.165, 1.54) is 0 Å². The molecule has 3 rings (SSSR count). The number of hydrogen-bond donors (Lipinski definition) is 4. The number of hydrogen-bond acceptors (Lipinski definition) is 4. The average molecular weight is 439 g/mol. The van der Waals surface area contributed by atoms with Gasteiger partial charge in [0.1, 0.15) is 17.6 Å². The van der Waals surface area contributed by atoms with Crippen LogP contribution < -0.4 is 21.1 Å². The Morgan fingerprint density at radius 1 is 1.06 bits per heavy atom. The second-order valence-electron chi connectivity index (χ2n) is 7.00. The van der Waals surface area contributed by atoms with Crippen LogP contribution in [-0.2, 0) is 11.3 Å². The minimum absolute atomic E-state index is 0. The van der Waals surface area contributed by atoms with Crippen molar-refractivity contribution in [2.45, 2.75) is 19.5 Å². The molecular formula is C24H27ClN4O2. The summed E-state index contributed by atoms with van der Waals surface area (Å²) in [5.74, 6) is 0.636. The Kier molecular flexibility index (Phi) is 8.46. The zero-order valence-corrected chi connectivity index (χ0v) is 18.3. The first-order valence-corrected chi connectivity index (χ1v) is 9.65. The zero-order chi connectivity index (χ0) is 21.5. The molecule has 31 heavy (non-hydrogen) atoms. The van der Waals surface area contributed by atoms with Crippen molar-refractivity contribution in [1.29, 1.82) is 5.41 Å². The molecule has 162 valence electrons. The maximum absolute atomic E-state index is 13.1. The highest BCUT2D eigenvalue weighted by atomic mass is 35.5. The van der Waals surface area contributed by atoms with Crippen molar-refractivity contribution in [3.8, 4) is 5.75 Å². The van der Waals surface area contributed by atoms with E-state index in [4.69, 9.17) is 15.9 Å². The summed E-state index contributed by atoms with van der Waals surface area (Å²) in [6.45, 7) is 2.39. The van der Waals surface area contributed by atoms with Gasteiger partial charge in [-0.05, 0) is 60.0 Å². The third kappa shape index (κ3) is 6.23. The highest BCUT2D eigenvalue weighted by Crippen LogP contribution is 2.26. The van der Waals surface area contributed by atoms with Gasteiger partial charge in [0.2, 0.25) is 5.91 Å². The third-order valence-electron chi connectivity index (χ3n) is 4.83. The van der Waals surface area contributed by atoms with Gasteiger partial charge in [-0.25, -0.2) is 0 Å². The molecule has 0 fully saturated rings. The molecule has 6 nitrogen and oxygen atoms in total. The first kappa shape index (κ1) is 23.8. The standard InChI is InChI=1S/C24H26N4O2.ClH/c1-16-14-19(10-13-21(16)30-2)22(24(29)27-15-17-6-4-3-5-7-17)28-20-11-8-18(9-12-20)23(25)26;/h3-14,22,28H,15H2,1-2H3,(H3,25,26)(H,27,29);1H. The van der Waals surface area contributed by atoms with Crippen molar-refractivity contribution in [2.75, 3.05) is 12.4 Å². The number of amidine groups is 1. The first-order valence-electron chi connectivity index (χ1n) is 9.65. The average Bonchev–Trinajstić information content (AvgIpc) is 2.76. The monoisotopic (exact) mass is 438 g/mol. The molecule has 7 heteroatoms. The van der Waals surface area contributed by atoms with Crippen molar-refractivity contribution in [3.05, 3.63) is 95.1 Å². The van der Waals surface area contributed by atoms with Crippen molar-refractivity contribution < 1.29 is 9.53 Å². The van der Waals surface area contributed by atoms with Crippen molar-refractivity contribution >= 4 is 29.8 Å². The van der Waals surface area contributed by atoms with E-state index in [1.807, 2.05) is 67.6 Å². The summed E-state index contributed by atoms with van der Waals surface area (Å²) >= 11 is 0. The van der Waals surface area contributed by atoms with Gasteiger partial charge in [-0.1, -0.05) is 36.4 Å². The minimum atomic E-state index is -0.596. The van der Waals surface area contributed by atoms with Crippen LogP contribution >= 0.6 is 12.4 Å². The van der Waals surface area contributed by atoms with Gasteiger partial charge >= 0.3 is 0 Å². The van der Waals surface area contributed by atoms with E-state index in [-0.39, 0.29) is 24.1 Å². The van der Waals surface area contributed by atoms with Gasteiger partial charge in [0.15, 0.2) is 0 Å². The number of aryl methyl sites for hydroxylation is 1. The van der Waals surface area contributed by atoms with E-state index in [0.717, 1.165) is 28.1 Å². The van der Waals surface area contributed by atoms with Gasteiger partial charge in [0.05, 0.1) is 7.11 Å². The van der Waals surface area contributed by atoms with Gasteiger partial charge in [-0.15, -0.1) is 12.4 Å². The maximum atomic E-state index is 13.1. The number of rotatable bonds is 8. The second kappa shape index (κ2) is 11.0. The van der Waals surface area contributed by atoms with E-state index >= 15 is 0 Å². The molecule has 3 aromatic carbocycles. The summed E-state index contributed by atoms with van der Waals surface area (Å²) in [5, 5.41) is 13.8. The summed E-state index contributed by atoms with van der Waals surface area (Å²) in [6.07, 6.45) is 0. The number of carbonyl (C=O) groups is 1. The molecule has 0 saturated heterocycles. The molecule has 0 spiro atoms. The van der Waals surface area contributed by atoms with Gasteiger partial charge in [-0.2, -0.15) is 0 Å². The number of methoxy groups -OCH3 is 1. The SMILES string of the molecule is COc1ccc(C(Nc2ccc(C(=N)N)cc2)C(=O)NCc2ccccc2)cc1C.Cl. The second-order valence-corrected chi connectivity index (χ2v) is 7.00. The predicted octanol–water partition coefficient (Wildman–Crippen LogP) is 4.18. The number of nitrogens with two attached hydrogens (primary N) is 1. The molecule has 0 aliphatic heterocycles. The summed E-state index contributed by atoms with van der Waals surface area (Å²) in [4.78, 5) is 13.1. The van der Waals surface area contributed by atoms with E-state index < -0.39 is 6.04 Å². The summed E-state index contributed by atoms with van der Waals surface area (Å²) in [5.41, 5.74) is 9.72. The van der Waals surface area contributed by atoms with Crippen LogP contribution in [0.2, 0.25) is 0 Å². The summed E-state index contributed by atoms with van der Waals surface area (Å²) in [7, 11) is 1.63. The predicted molar refractivity (Wildman–Crippen MR) is 127 cm³/mol. The Bertz CT molecular complexity index is 1020. The third-order valence-corrected chi connectivity index (χ3v) is 4.83. The fraction of sp³-hybridized carbons (Fsp3) is 0.167. The number of amides is 1. The van der Waals surface area contributed by atoms with Crippen molar-refractivity contribution in [2.24, 2.45) is 5.73 Å². The maximum Gasteiger partial charge on any atom is 0.247 e. The van der Waals surface area contributed by atoms with Crippen LogP contribution in [0.1, 0.15) is 28.3 Å². The number of ether oxygens (including phenoxy) is 1. The zero-order valence-electron chi connectivity index (χ0n) is 17.5. The number of halogens is 1. The molecule has 0 saturated carbocycles. The van der Waals surface area contributed by atoms with E-state index in [1.54, 1.807) is 19.2 Å². The first-order chi connectivity index (χ1) is 14.5. The fourth-order valence-corrected chi connectivity index (χ4v) is 3.18. The molecule has 1 amide bonds. The molecular weight excluding hydrogens is 412 g/mol. The van der Waals surface area contributed by atoms with Crippen LogP contribution in [-0.4, -0.2) is 18.9 Å². The lowest BCUT2D eigenvalue weighted by Gasteiger charge is -2.21. The Balaban J connectivity index is 0.00000341. The number of nitrogens with one attached hydrogen (secondary N) is 3. The smallest absolute Gasteiger partial charge is 0.247 e. The normalized spacial score (nSPS) is 11.0. The van der Waals surface area contributed by atoms with Crippen LogP contribution in [0.5, 0.6) is 5.75 Å². The molecule has 1 unspecified atom stereocenters. The molecule has 0 bridgehead atoms. The van der Waals surface area contributed by atoms with E-state index in [2.05, 4.69) is 10.6 Å². The number of anilines is 1. The summed E-state index contributed by atoms with van der Waals surface area (Å²) < 4.78 is 5.35. The molecule has 1 atom stereocenters. The van der Waals surface area contributed by atoms with Crippen LogP contribution in [0.4, 0.5) is 5.69 Å². The number of carbonyl (C=O) groups excluding carboxylic acids is 1. The largest absolute Gasteiger partial charge is 0.496 e. The Labute approximate surface area is 188 Å². The Morgan fingerprint density at radius 2 is 1.74 bits per heavy atom. The van der Waals surface area contributed by atoms with E-state index in [0.29, 0.717) is 12.1 Å². The lowest BCUT2D eigenvalue weighted by Crippen LogP contribution is -2.33. The highest BCUT2D eigenvalue weighted by molar-refractivity contribution is 5.95. The molecule has 5 N–H and O–H groups in total. The summed E-state index contributed by atoms with van der Waals surface area (Å²) in [6, 6.07) is 22.0. The van der Waals surface area contributed by atoms with Gasteiger partial charge in [0.25, 0.3) is 0 Å². The Morgan fingerprint density at radius 3 is 2.32 bits per heavy atom. The van der Waals surface area contributed by atoms with Crippen LogP contribution in [0.25, 0.3) is 0 Å². The van der Waals surface area contributed by atoms with Gasteiger partial charge < -0.3 is 21.1 Å². The minimum Gasteiger partial charge on any atom is -0.496 e. The quantitative estimate of drug-likeness (QED) is 0.313. The highest BCUT2D eigenvalue weighted by Gasteiger charge is 2.21.